The molecule has 0 saturated heterocycles. The highest BCUT2D eigenvalue weighted by molar-refractivity contribution is 9.10. The largest absolute Gasteiger partial charge is 0.399 e. The van der Waals surface area contributed by atoms with Crippen molar-refractivity contribution < 1.29 is 0 Å². The van der Waals surface area contributed by atoms with Crippen LogP contribution in [0.15, 0.2) is 45.8 Å². The zero-order chi connectivity index (χ0) is 13.1. The maximum atomic E-state index is 6.20. The van der Waals surface area contributed by atoms with Gasteiger partial charge in [-0.2, -0.15) is 0 Å². The molecule has 0 unspecified atom stereocenters. The Hall–Kier alpha value is -0.640. The molecule has 0 aliphatic heterocycles. The average molecular weight is 343 g/mol. The second-order valence-corrected chi connectivity index (χ2v) is 6.39. The summed E-state index contributed by atoms with van der Waals surface area (Å²) in [5.74, 6) is 0.858. The topological polar surface area (TPSA) is 26.0 Å². The smallest absolute Gasteiger partial charge is 0.0457 e. The summed E-state index contributed by atoms with van der Waals surface area (Å²) in [5, 5.41) is 0.796. The van der Waals surface area contributed by atoms with Gasteiger partial charge in [-0.25, -0.2) is 0 Å². The van der Waals surface area contributed by atoms with Crippen LogP contribution in [0.2, 0.25) is 5.02 Å². The zero-order valence-electron chi connectivity index (χ0n) is 9.91. The predicted octanol–water partition coefficient (Wildman–Crippen LogP) is 5.29. The first-order valence-corrected chi connectivity index (χ1v) is 7.65. The number of aryl methyl sites for hydroxylation is 1. The molecule has 2 rings (SSSR count). The van der Waals surface area contributed by atoms with Gasteiger partial charge in [0.1, 0.15) is 0 Å². The molecule has 2 aromatic carbocycles. The van der Waals surface area contributed by atoms with Gasteiger partial charge in [0.15, 0.2) is 0 Å². The van der Waals surface area contributed by atoms with Gasteiger partial charge in [0.05, 0.1) is 0 Å². The summed E-state index contributed by atoms with van der Waals surface area (Å²) in [5.41, 5.74) is 8.89. The van der Waals surface area contributed by atoms with E-state index in [2.05, 4.69) is 28.9 Å². The molecule has 0 fully saturated rings. The molecule has 0 amide bonds. The molecular formula is C14H13BrClNS. The van der Waals surface area contributed by atoms with E-state index in [1.165, 1.54) is 10.5 Å². The van der Waals surface area contributed by atoms with Gasteiger partial charge in [-0.3, -0.25) is 0 Å². The number of hydrogen-bond donors (Lipinski definition) is 1. The van der Waals surface area contributed by atoms with E-state index in [-0.39, 0.29) is 0 Å². The molecule has 0 spiro atoms. The van der Waals surface area contributed by atoms with Gasteiger partial charge in [0, 0.05) is 25.8 Å². The van der Waals surface area contributed by atoms with Crippen molar-refractivity contribution >= 4 is 45.0 Å². The molecule has 0 aliphatic carbocycles. The second-order valence-electron chi connectivity index (χ2n) is 4.05. The number of benzene rings is 2. The van der Waals surface area contributed by atoms with Crippen LogP contribution < -0.4 is 5.73 Å². The third kappa shape index (κ3) is 3.44. The lowest BCUT2D eigenvalue weighted by molar-refractivity contribution is 1.29. The lowest BCUT2D eigenvalue weighted by Gasteiger charge is -2.08. The number of nitrogen functional groups attached to an aromatic ring is 1. The Balaban J connectivity index is 2.11. The minimum Gasteiger partial charge on any atom is -0.399 e. The quantitative estimate of drug-likeness (QED) is 0.606. The Morgan fingerprint density at radius 3 is 2.67 bits per heavy atom. The van der Waals surface area contributed by atoms with Crippen molar-refractivity contribution in [2.75, 3.05) is 5.73 Å². The van der Waals surface area contributed by atoms with E-state index in [0.717, 1.165) is 26.5 Å². The molecule has 0 bridgehead atoms. The molecule has 2 aromatic rings. The van der Waals surface area contributed by atoms with E-state index >= 15 is 0 Å². The molecule has 0 heterocycles. The first-order valence-electron chi connectivity index (χ1n) is 5.49. The van der Waals surface area contributed by atoms with Crippen molar-refractivity contribution in [3.8, 4) is 0 Å². The van der Waals surface area contributed by atoms with E-state index in [4.69, 9.17) is 17.3 Å². The highest BCUT2D eigenvalue weighted by Crippen LogP contribution is 2.30. The van der Waals surface area contributed by atoms with Crippen LogP contribution in [0.1, 0.15) is 11.1 Å². The van der Waals surface area contributed by atoms with E-state index < -0.39 is 0 Å². The molecule has 0 aliphatic rings. The fourth-order valence-corrected chi connectivity index (χ4v) is 3.46. The van der Waals surface area contributed by atoms with Gasteiger partial charge in [0.2, 0.25) is 0 Å². The summed E-state index contributed by atoms with van der Waals surface area (Å²) < 4.78 is 1.00. The number of halogens is 2. The highest BCUT2D eigenvalue weighted by atomic mass is 79.9. The Morgan fingerprint density at radius 1 is 1.22 bits per heavy atom. The fourth-order valence-electron chi connectivity index (χ4n) is 1.63. The molecule has 0 radical (unpaired) electrons. The van der Waals surface area contributed by atoms with Crippen LogP contribution in [0.25, 0.3) is 0 Å². The van der Waals surface area contributed by atoms with Crippen molar-refractivity contribution in [2.45, 2.75) is 17.6 Å². The van der Waals surface area contributed by atoms with E-state index in [9.17, 15) is 0 Å². The summed E-state index contributed by atoms with van der Waals surface area (Å²) in [6.07, 6.45) is 0. The highest BCUT2D eigenvalue weighted by Gasteiger charge is 2.04. The van der Waals surface area contributed by atoms with Crippen molar-refractivity contribution in [3.05, 3.63) is 57.0 Å². The van der Waals surface area contributed by atoms with E-state index in [1.54, 1.807) is 11.8 Å². The summed E-state index contributed by atoms with van der Waals surface area (Å²) in [4.78, 5) is 1.24. The van der Waals surface area contributed by atoms with Crippen molar-refractivity contribution in [1.82, 2.24) is 0 Å². The molecule has 0 saturated carbocycles. The number of rotatable bonds is 3. The number of hydrogen-bond acceptors (Lipinski definition) is 2. The molecule has 18 heavy (non-hydrogen) atoms. The van der Waals surface area contributed by atoms with Gasteiger partial charge < -0.3 is 5.73 Å². The van der Waals surface area contributed by atoms with Crippen LogP contribution in [0, 0.1) is 6.92 Å². The predicted molar refractivity (Wildman–Crippen MR) is 84.3 cm³/mol. The third-order valence-corrected chi connectivity index (χ3v) is 4.67. The SMILES string of the molecule is Cc1cc(N)ccc1SCc1ccc(Br)cc1Cl. The van der Waals surface area contributed by atoms with Crippen LogP contribution in [0.3, 0.4) is 0 Å². The van der Waals surface area contributed by atoms with Crippen molar-refractivity contribution in [1.29, 1.82) is 0 Å². The summed E-state index contributed by atoms with van der Waals surface area (Å²) in [7, 11) is 0. The molecule has 0 atom stereocenters. The molecule has 1 nitrogen and oxygen atoms in total. The first-order chi connectivity index (χ1) is 8.56. The minimum atomic E-state index is 0.796. The van der Waals surface area contributed by atoms with Crippen LogP contribution in [-0.4, -0.2) is 0 Å². The minimum absolute atomic E-state index is 0.796. The van der Waals surface area contributed by atoms with Gasteiger partial charge in [-0.1, -0.05) is 33.6 Å². The maximum absolute atomic E-state index is 6.20. The third-order valence-electron chi connectivity index (χ3n) is 2.60. The van der Waals surface area contributed by atoms with Crippen LogP contribution in [0.4, 0.5) is 5.69 Å². The van der Waals surface area contributed by atoms with Gasteiger partial charge in [0.25, 0.3) is 0 Å². The summed E-state index contributed by atoms with van der Waals surface area (Å²) in [6.45, 7) is 2.07. The van der Waals surface area contributed by atoms with Crippen molar-refractivity contribution in [2.24, 2.45) is 0 Å². The van der Waals surface area contributed by atoms with Crippen LogP contribution in [0.5, 0.6) is 0 Å². The normalized spacial score (nSPS) is 10.6. The van der Waals surface area contributed by atoms with E-state index in [0.29, 0.717) is 0 Å². The molecule has 4 heteroatoms. The zero-order valence-corrected chi connectivity index (χ0v) is 13.1. The molecule has 2 N–H and O–H groups in total. The van der Waals surface area contributed by atoms with Gasteiger partial charge in [-0.15, -0.1) is 11.8 Å². The molecular weight excluding hydrogens is 330 g/mol. The van der Waals surface area contributed by atoms with Gasteiger partial charge >= 0.3 is 0 Å². The molecule has 94 valence electrons. The monoisotopic (exact) mass is 341 g/mol. The lowest BCUT2D eigenvalue weighted by atomic mass is 10.2. The summed E-state index contributed by atoms with van der Waals surface area (Å²) in [6, 6.07) is 12.0. The first kappa shape index (κ1) is 13.8. The summed E-state index contributed by atoms with van der Waals surface area (Å²) >= 11 is 11.4. The number of nitrogens with two attached hydrogens (primary N) is 1. The van der Waals surface area contributed by atoms with E-state index in [1.807, 2.05) is 30.3 Å². The Bertz CT molecular complexity index is 520. The lowest BCUT2D eigenvalue weighted by Crippen LogP contribution is -1.88. The van der Waals surface area contributed by atoms with Crippen LogP contribution >= 0.6 is 39.3 Å². The Labute approximate surface area is 125 Å². The Morgan fingerprint density at radius 2 is 2.00 bits per heavy atom. The number of thioether (sulfide) groups is 1. The number of anilines is 1. The Kier molecular flexibility index (Phi) is 4.60. The average Bonchev–Trinajstić information content (AvgIpc) is 2.30. The second kappa shape index (κ2) is 6.00. The fraction of sp³-hybridized carbons (Fsp3) is 0.143. The van der Waals surface area contributed by atoms with Gasteiger partial charge in [-0.05, 0) is 48.4 Å². The van der Waals surface area contributed by atoms with Crippen molar-refractivity contribution in [3.63, 3.8) is 0 Å². The standard InChI is InChI=1S/C14H13BrClNS/c1-9-6-12(17)4-5-14(9)18-8-10-2-3-11(15)7-13(10)16/h2-7H,8,17H2,1H3. The van der Waals surface area contributed by atoms with Crippen LogP contribution in [-0.2, 0) is 5.75 Å². The molecule has 0 aromatic heterocycles. The maximum Gasteiger partial charge on any atom is 0.0457 e.